The van der Waals surface area contributed by atoms with Crippen LogP contribution < -0.4 is 8.92 Å². The third-order valence-electron chi connectivity index (χ3n) is 3.30. The molecule has 0 saturated carbocycles. The first-order valence-corrected chi connectivity index (χ1v) is 7.77. The summed E-state index contributed by atoms with van der Waals surface area (Å²) in [6, 6.07) is 9.17. The molecule has 0 radical (unpaired) electrons. The Hall–Kier alpha value is -1.04. The number of aryl methyl sites for hydroxylation is 6. The van der Waals surface area contributed by atoms with Crippen LogP contribution in [0.3, 0.4) is 0 Å². The molecular formula is C18H22Fe. The zero-order chi connectivity index (χ0) is 14.2. The zero-order valence-corrected chi connectivity index (χ0v) is 13.8. The van der Waals surface area contributed by atoms with Crippen molar-refractivity contribution in [1.29, 1.82) is 0 Å². The van der Waals surface area contributed by atoms with Crippen LogP contribution >= 0.6 is 0 Å². The van der Waals surface area contributed by atoms with Gasteiger partial charge in [0.15, 0.2) is 0 Å². The first-order valence-electron chi connectivity index (χ1n) is 6.66. The van der Waals surface area contributed by atoms with Gasteiger partial charge in [-0.3, -0.25) is 0 Å². The van der Waals surface area contributed by atoms with Crippen LogP contribution in [0.5, 0.6) is 0 Å². The van der Waals surface area contributed by atoms with Crippen LogP contribution in [-0.4, -0.2) is 0 Å². The van der Waals surface area contributed by atoms with Crippen LogP contribution in [0.15, 0.2) is 24.3 Å². The number of hydrogen-bond donors (Lipinski definition) is 0. The average molecular weight is 294 g/mol. The monoisotopic (exact) mass is 294 g/mol. The van der Waals surface area contributed by atoms with Crippen molar-refractivity contribution >= 4 is 8.92 Å². The summed E-state index contributed by atoms with van der Waals surface area (Å²) in [5.74, 6) is 0. The summed E-state index contributed by atoms with van der Waals surface area (Å²) in [6.07, 6.45) is 0. The molecule has 0 bridgehead atoms. The van der Waals surface area contributed by atoms with E-state index in [4.69, 9.17) is 0 Å². The van der Waals surface area contributed by atoms with E-state index in [1.165, 1.54) is 42.3 Å². The molecule has 0 aliphatic rings. The molecule has 19 heavy (non-hydrogen) atoms. The maximum absolute atomic E-state index is 2.29. The zero-order valence-electron chi connectivity index (χ0n) is 12.7. The normalized spacial score (nSPS) is 11.1. The van der Waals surface area contributed by atoms with Crippen molar-refractivity contribution in [3.8, 4) is 0 Å². The van der Waals surface area contributed by atoms with Crippen LogP contribution in [0.2, 0.25) is 0 Å². The van der Waals surface area contributed by atoms with E-state index in [1.807, 2.05) is 0 Å². The van der Waals surface area contributed by atoms with Crippen molar-refractivity contribution in [3.63, 3.8) is 0 Å². The van der Waals surface area contributed by atoms with Gasteiger partial charge in [-0.1, -0.05) is 0 Å². The summed E-state index contributed by atoms with van der Waals surface area (Å²) in [4.78, 5) is 0. The van der Waals surface area contributed by atoms with E-state index < -0.39 is 0 Å². The molecule has 2 aromatic carbocycles. The molecule has 2 rings (SSSR count). The summed E-state index contributed by atoms with van der Waals surface area (Å²) in [6.45, 7) is 13.3. The topological polar surface area (TPSA) is 0 Å². The van der Waals surface area contributed by atoms with E-state index in [0.29, 0.717) is 0 Å². The van der Waals surface area contributed by atoms with Crippen LogP contribution in [0.25, 0.3) is 0 Å². The van der Waals surface area contributed by atoms with Crippen LogP contribution in [0, 0.1) is 41.5 Å². The SMILES string of the molecule is Cc1cc(C)[c]([Fe][c]2c(C)cc(C)cc2C)c(C)c1. The van der Waals surface area contributed by atoms with Gasteiger partial charge in [-0.15, -0.1) is 0 Å². The first-order chi connectivity index (χ1) is 8.88. The molecule has 1 heteroatoms. The molecule has 0 saturated heterocycles. The summed E-state index contributed by atoms with van der Waals surface area (Å²) >= 11 is 1.05. The Labute approximate surface area is 123 Å². The van der Waals surface area contributed by atoms with Gasteiger partial charge in [0.2, 0.25) is 0 Å². The third-order valence-corrected chi connectivity index (χ3v) is 5.59. The molecule has 0 nitrogen and oxygen atoms in total. The van der Waals surface area contributed by atoms with Crippen LogP contribution in [0.4, 0.5) is 0 Å². The molecule has 0 aromatic heterocycles. The molecule has 0 heterocycles. The van der Waals surface area contributed by atoms with E-state index in [2.05, 4.69) is 65.8 Å². The van der Waals surface area contributed by atoms with Crippen molar-refractivity contribution < 1.29 is 15.0 Å². The van der Waals surface area contributed by atoms with E-state index in [9.17, 15) is 0 Å². The Bertz CT molecular complexity index is 522. The fourth-order valence-corrected chi connectivity index (χ4v) is 4.15. The predicted molar refractivity (Wildman–Crippen MR) is 80.6 cm³/mol. The molecule has 0 amide bonds. The van der Waals surface area contributed by atoms with Gasteiger partial charge >= 0.3 is 123 Å². The van der Waals surface area contributed by atoms with Gasteiger partial charge in [-0.2, -0.15) is 0 Å². The number of hydrogen-bond acceptors (Lipinski definition) is 0. The van der Waals surface area contributed by atoms with E-state index in [-0.39, 0.29) is 0 Å². The molecule has 2 aromatic rings. The van der Waals surface area contributed by atoms with E-state index in [1.54, 1.807) is 0 Å². The number of rotatable bonds is 2. The van der Waals surface area contributed by atoms with E-state index >= 15 is 0 Å². The minimum atomic E-state index is 1.05. The second kappa shape index (κ2) is 5.53. The van der Waals surface area contributed by atoms with Gasteiger partial charge in [0.05, 0.1) is 0 Å². The summed E-state index contributed by atoms with van der Waals surface area (Å²) in [5.41, 5.74) is 8.37. The quantitative estimate of drug-likeness (QED) is 0.743. The molecule has 0 spiro atoms. The van der Waals surface area contributed by atoms with Gasteiger partial charge in [-0.05, 0) is 0 Å². The van der Waals surface area contributed by atoms with E-state index in [0.717, 1.165) is 15.0 Å². The number of benzene rings is 2. The Morgan fingerprint density at radius 1 is 0.526 bits per heavy atom. The van der Waals surface area contributed by atoms with Gasteiger partial charge in [-0.25, -0.2) is 0 Å². The fraction of sp³-hybridized carbons (Fsp3) is 0.333. The molecular weight excluding hydrogens is 272 g/mol. The summed E-state index contributed by atoms with van der Waals surface area (Å²) in [7, 11) is 0. The van der Waals surface area contributed by atoms with Gasteiger partial charge in [0.1, 0.15) is 0 Å². The predicted octanol–water partition coefficient (Wildman–Crippen LogP) is 3.57. The molecule has 0 N–H and O–H groups in total. The Balaban J connectivity index is 2.48. The summed E-state index contributed by atoms with van der Waals surface area (Å²) in [5, 5.41) is 0. The Morgan fingerprint density at radius 3 is 1.05 bits per heavy atom. The minimum absolute atomic E-state index is 1.05. The molecule has 0 unspecified atom stereocenters. The molecule has 0 fully saturated rings. The molecule has 102 valence electrons. The Morgan fingerprint density at radius 2 is 0.789 bits per heavy atom. The standard InChI is InChI=1S/2C9H11.Fe/c2*1-7-4-8(2)6-9(3)5-7;/h2*4-5H,1-3H3;. The fourth-order valence-electron chi connectivity index (χ4n) is 2.68. The Kier molecular flexibility index (Phi) is 4.18. The third kappa shape index (κ3) is 3.11. The van der Waals surface area contributed by atoms with Gasteiger partial charge in [0.25, 0.3) is 0 Å². The van der Waals surface area contributed by atoms with Crippen molar-refractivity contribution in [3.05, 3.63) is 57.6 Å². The maximum atomic E-state index is 2.29. The molecule has 0 atom stereocenters. The van der Waals surface area contributed by atoms with Crippen LogP contribution in [0.1, 0.15) is 33.4 Å². The van der Waals surface area contributed by atoms with Crippen molar-refractivity contribution in [1.82, 2.24) is 0 Å². The van der Waals surface area contributed by atoms with Crippen molar-refractivity contribution in [2.45, 2.75) is 41.5 Å². The first kappa shape index (κ1) is 14.4. The van der Waals surface area contributed by atoms with Gasteiger partial charge < -0.3 is 0 Å². The van der Waals surface area contributed by atoms with Crippen molar-refractivity contribution in [2.75, 3.05) is 0 Å². The molecule has 0 aliphatic carbocycles. The summed E-state index contributed by atoms with van der Waals surface area (Å²) < 4.78 is 2.97. The van der Waals surface area contributed by atoms with Gasteiger partial charge in [0, 0.05) is 0 Å². The average Bonchev–Trinajstić information content (AvgIpc) is 2.25. The van der Waals surface area contributed by atoms with Crippen molar-refractivity contribution in [2.24, 2.45) is 0 Å². The van der Waals surface area contributed by atoms with Crippen LogP contribution in [-0.2, 0) is 15.0 Å². The second-order valence-corrected chi connectivity index (χ2v) is 6.87. The second-order valence-electron chi connectivity index (χ2n) is 5.49. The molecule has 0 aliphatic heterocycles.